The van der Waals surface area contributed by atoms with Crippen LogP contribution in [-0.4, -0.2) is 27.8 Å². The van der Waals surface area contributed by atoms with Crippen molar-refractivity contribution in [2.45, 2.75) is 141 Å². The molecule has 0 saturated heterocycles. The Morgan fingerprint density at radius 2 is 1.70 bits per heavy atom. The molecule has 0 heterocycles. The number of aliphatic hydroxyl groups is 1. The van der Waals surface area contributed by atoms with Crippen LogP contribution in [-0.2, 0) is 11.2 Å². The maximum atomic E-state index is 13.2. The molecule has 5 rings (SSSR count). The third-order valence-corrected chi connectivity index (χ3v) is 11.2. The molecule has 4 aliphatic rings. The van der Waals surface area contributed by atoms with E-state index in [1.807, 2.05) is 13.0 Å². The van der Waals surface area contributed by atoms with E-state index in [4.69, 9.17) is 0 Å². The molecular formula is C33H51NO3. The molecule has 0 spiro atoms. The molecule has 1 aromatic rings. The van der Waals surface area contributed by atoms with Gasteiger partial charge in [-0.3, -0.25) is 4.79 Å². The molecule has 37 heavy (non-hydrogen) atoms. The summed E-state index contributed by atoms with van der Waals surface area (Å²) in [5.41, 5.74) is 2.96. The van der Waals surface area contributed by atoms with E-state index in [2.05, 4.69) is 25.2 Å². The Balaban J connectivity index is 1.29. The second-order valence-electron chi connectivity index (χ2n) is 13.4. The van der Waals surface area contributed by atoms with Gasteiger partial charge in [-0.25, -0.2) is 0 Å². The largest absolute Gasteiger partial charge is 0.508 e. The number of unbranched alkanes of at least 4 members (excludes halogenated alkanes) is 7. The highest BCUT2D eigenvalue weighted by Crippen LogP contribution is 2.68. The summed E-state index contributed by atoms with van der Waals surface area (Å²) in [7, 11) is 0. The van der Waals surface area contributed by atoms with Crippen LogP contribution in [0.15, 0.2) is 12.1 Å². The Bertz CT molecular complexity index is 971. The Labute approximate surface area is 225 Å². The minimum Gasteiger partial charge on any atom is -0.508 e. The zero-order chi connectivity index (χ0) is 26.2. The molecule has 0 aliphatic heterocycles. The molecule has 1 amide bonds. The van der Waals surface area contributed by atoms with Crippen molar-refractivity contribution in [3.8, 4) is 5.75 Å². The molecule has 4 aliphatic carbocycles. The van der Waals surface area contributed by atoms with Crippen molar-refractivity contribution in [3.63, 3.8) is 0 Å². The highest BCUT2D eigenvalue weighted by atomic mass is 16.3. The van der Waals surface area contributed by atoms with Crippen LogP contribution in [0.4, 0.5) is 0 Å². The smallest absolute Gasteiger partial charge is 0.220 e. The summed E-state index contributed by atoms with van der Waals surface area (Å²) in [5, 5.41) is 25.9. The summed E-state index contributed by atoms with van der Waals surface area (Å²) < 4.78 is 0. The molecule has 6 atom stereocenters. The summed E-state index contributed by atoms with van der Waals surface area (Å²) in [6.07, 6.45) is 17.8. The SMILES string of the molecule is CCCCCCCCCCC(=O)N[C@@H]1Cc2cc(O)c(C)cc2C2CC[C@@]3(C)C(CC[C@@]3(O)C3CC3)C21. The van der Waals surface area contributed by atoms with Gasteiger partial charge in [0.15, 0.2) is 0 Å². The lowest BCUT2D eigenvalue weighted by Gasteiger charge is -2.55. The number of phenolic OH excluding ortho intramolecular Hbond substituents is 1. The molecule has 0 aromatic heterocycles. The molecule has 3 fully saturated rings. The predicted octanol–water partition coefficient (Wildman–Crippen LogP) is 7.32. The number of phenols is 1. The molecule has 4 heteroatoms. The van der Waals surface area contributed by atoms with Crippen molar-refractivity contribution in [3.05, 3.63) is 28.8 Å². The maximum Gasteiger partial charge on any atom is 0.220 e. The van der Waals surface area contributed by atoms with Gasteiger partial charge in [-0.2, -0.15) is 0 Å². The zero-order valence-corrected chi connectivity index (χ0v) is 23.7. The van der Waals surface area contributed by atoms with Crippen molar-refractivity contribution in [2.24, 2.45) is 23.2 Å². The molecule has 0 bridgehead atoms. The number of nitrogens with one attached hydrogen (secondary N) is 1. The molecule has 3 saturated carbocycles. The normalized spacial score (nSPS) is 34.5. The molecule has 206 valence electrons. The predicted molar refractivity (Wildman–Crippen MR) is 150 cm³/mol. The van der Waals surface area contributed by atoms with Crippen LogP contribution in [0.2, 0.25) is 0 Å². The van der Waals surface area contributed by atoms with Crippen LogP contribution in [0.25, 0.3) is 0 Å². The summed E-state index contributed by atoms with van der Waals surface area (Å²) in [6, 6.07) is 4.26. The first-order valence-electron chi connectivity index (χ1n) is 15.6. The first-order valence-corrected chi connectivity index (χ1v) is 15.6. The topological polar surface area (TPSA) is 69.6 Å². The fraction of sp³-hybridized carbons (Fsp3) is 0.788. The van der Waals surface area contributed by atoms with E-state index in [9.17, 15) is 15.0 Å². The number of rotatable bonds is 11. The second-order valence-corrected chi connectivity index (χ2v) is 13.4. The van der Waals surface area contributed by atoms with Gasteiger partial charge in [-0.1, -0.05) is 64.9 Å². The zero-order valence-electron chi connectivity index (χ0n) is 23.7. The van der Waals surface area contributed by atoms with Gasteiger partial charge < -0.3 is 15.5 Å². The van der Waals surface area contributed by atoms with Crippen LogP contribution in [0.5, 0.6) is 5.75 Å². The third-order valence-electron chi connectivity index (χ3n) is 11.2. The number of benzene rings is 1. The van der Waals surface area contributed by atoms with Crippen LogP contribution < -0.4 is 5.32 Å². The number of aryl methyl sites for hydroxylation is 1. The molecule has 1 aromatic carbocycles. The van der Waals surface area contributed by atoms with Gasteiger partial charge >= 0.3 is 0 Å². The number of aromatic hydroxyl groups is 1. The summed E-state index contributed by atoms with van der Waals surface area (Å²) in [4.78, 5) is 13.2. The quantitative estimate of drug-likeness (QED) is 0.274. The lowest BCUT2D eigenvalue weighted by molar-refractivity contribution is -0.128. The Morgan fingerprint density at radius 3 is 2.41 bits per heavy atom. The Kier molecular flexibility index (Phi) is 7.97. The number of carbonyl (C=O) groups excluding carboxylic acids is 1. The monoisotopic (exact) mass is 509 g/mol. The molecule has 3 unspecified atom stereocenters. The van der Waals surface area contributed by atoms with Gasteiger partial charge in [0.25, 0.3) is 0 Å². The molecule has 4 nitrogen and oxygen atoms in total. The van der Waals surface area contributed by atoms with Crippen LogP contribution in [0, 0.1) is 30.1 Å². The van der Waals surface area contributed by atoms with E-state index < -0.39 is 5.60 Å². The molecular weight excluding hydrogens is 458 g/mol. The van der Waals surface area contributed by atoms with E-state index in [0.717, 1.165) is 50.5 Å². The Hall–Kier alpha value is -1.55. The van der Waals surface area contributed by atoms with E-state index in [0.29, 0.717) is 35.8 Å². The van der Waals surface area contributed by atoms with Gasteiger partial charge in [0.2, 0.25) is 5.91 Å². The lowest BCUT2D eigenvalue weighted by Crippen LogP contribution is -2.57. The number of hydrogen-bond donors (Lipinski definition) is 3. The summed E-state index contributed by atoms with van der Waals surface area (Å²) >= 11 is 0. The average Bonchev–Trinajstić information content (AvgIpc) is 3.68. The first-order chi connectivity index (χ1) is 17.8. The van der Waals surface area contributed by atoms with Crippen LogP contribution >= 0.6 is 0 Å². The number of fused-ring (bicyclic) bond motifs is 5. The van der Waals surface area contributed by atoms with Crippen LogP contribution in [0.1, 0.15) is 133 Å². The third kappa shape index (κ3) is 5.09. The standard InChI is InChI=1S/C33H51NO3/c1-4-5-6-7-8-9-10-11-12-30(36)34-28-20-23-21-29(35)22(2)19-26(23)25-15-17-32(3)27(31(25)28)16-18-33(32,37)24-13-14-24/h19,21,24-25,27-28,31,35,37H,4-18,20H2,1-3H3,(H,34,36)/t25?,27?,28-,31?,32+,33-/m1/s1. The van der Waals surface area contributed by atoms with Crippen molar-refractivity contribution in [1.29, 1.82) is 0 Å². The van der Waals surface area contributed by atoms with E-state index >= 15 is 0 Å². The number of carbonyl (C=O) groups is 1. The van der Waals surface area contributed by atoms with Crippen molar-refractivity contribution in [1.82, 2.24) is 5.32 Å². The van der Waals surface area contributed by atoms with Gasteiger partial charge in [0, 0.05) is 12.5 Å². The minimum absolute atomic E-state index is 0.0560. The lowest BCUT2D eigenvalue weighted by atomic mass is 9.51. The summed E-state index contributed by atoms with van der Waals surface area (Å²) in [6.45, 7) is 6.62. The van der Waals surface area contributed by atoms with Crippen molar-refractivity contribution >= 4 is 5.91 Å². The molecule has 3 N–H and O–H groups in total. The van der Waals surface area contributed by atoms with Crippen molar-refractivity contribution < 1.29 is 15.0 Å². The number of amides is 1. The minimum atomic E-state index is -0.528. The fourth-order valence-corrected chi connectivity index (χ4v) is 8.91. The van der Waals surface area contributed by atoms with Gasteiger partial charge in [0.1, 0.15) is 5.75 Å². The second kappa shape index (κ2) is 10.9. The maximum absolute atomic E-state index is 13.2. The van der Waals surface area contributed by atoms with E-state index in [1.54, 1.807) is 0 Å². The van der Waals surface area contributed by atoms with Gasteiger partial charge in [-0.05, 0) is 110 Å². The van der Waals surface area contributed by atoms with Crippen LogP contribution in [0.3, 0.4) is 0 Å². The number of hydrogen-bond acceptors (Lipinski definition) is 3. The first kappa shape index (κ1) is 27.0. The van der Waals surface area contributed by atoms with Gasteiger partial charge in [0.05, 0.1) is 5.60 Å². The van der Waals surface area contributed by atoms with Gasteiger partial charge in [-0.15, -0.1) is 0 Å². The van der Waals surface area contributed by atoms with E-state index in [1.165, 1.54) is 62.5 Å². The van der Waals surface area contributed by atoms with Crippen molar-refractivity contribution in [2.75, 3.05) is 0 Å². The average molecular weight is 510 g/mol. The van der Waals surface area contributed by atoms with E-state index in [-0.39, 0.29) is 17.4 Å². The Morgan fingerprint density at radius 1 is 1.00 bits per heavy atom. The highest BCUT2D eigenvalue weighted by molar-refractivity contribution is 5.76. The highest BCUT2D eigenvalue weighted by Gasteiger charge is 2.66. The molecule has 0 radical (unpaired) electrons. The summed E-state index contributed by atoms with van der Waals surface area (Å²) in [5.74, 6) is 2.24. The fourth-order valence-electron chi connectivity index (χ4n) is 8.91.